The largest absolute Gasteiger partial charge is 0.352 e. The van der Waals surface area contributed by atoms with E-state index in [-0.39, 0.29) is 17.9 Å². The van der Waals surface area contributed by atoms with Gasteiger partial charge in [0, 0.05) is 25.7 Å². The van der Waals surface area contributed by atoms with Crippen molar-refractivity contribution in [2.75, 3.05) is 13.1 Å². The van der Waals surface area contributed by atoms with Crippen molar-refractivity contribution in [2.24, 2.45) is 17.6 Å². The maximum absolute atomic E-state index is 12.5. The van der Waals surface area contributed by atoms with Gasteiger partial charge in [0.25, 0.3) is 0 Å². The summed E-state index contributed by atoms with van der Waals surface area (Å²) in [4.78, 5) is 15.0. The Balaban J connectivity index is 1.48. The molecule has 0 radical (unpaired) electrons. The van der Waals surface area contributed by atoms with E-state index in [1.807, 2.05) is 37.3 Å². The highest BCUT2D eigenvalue weighted by atomic mass is 16.1. The molecule has 3 rings (SSSR count). The molecule has 1 aliphatic heterocycles. The highest BCUT2D eigenvalue weighted by molar-refractivity contribution is 5.79. The van der Waals surface area contributed by atoms with Crippen LogP contribution in [0.5, 0.6) is 0 Å². The van der Waals surface area contributed by atoms with E-state index in [1.54, 1.807) is 0 Å². The van der Waals surface area contributed by atoms with Crippen LogP contribution in [0, 0.1) is 11.8 Å². The van der Waals surface area contributed by atoms with Gasteiger partial charge in [-0.15, -0.1) is 0 Å². The Labute approximate surface area is 169 Å². The number of carbonyl (C=O) groups excluding carboxylic acids is 1. The second-order valence-electron chi connectivity index (χ2n) is 8.24. The third kappa shape index (κ3) is 5.66. The summed E-state index contributed by atoms with van der Waals surface area (Å²) in [5, 5.41) is 3.03. The maximum Gasteiger partial charge on any atom is 0.225 e. The lowest BCUT2D eigenvalue weighted by molar-refractivity contribution is -0.125. The van der Waals surface area contributed by atoms with Gasteiger partial charge in [0.2, 0.25) is 5.91 Å². The molecular weight excluding hydrogens is 346 g/mol. The lowest BCUT2D eigenvalue weighted by Gasteiger charge is -2.30. The van der Waals surface area contributed by atoms with E-state index in [9.17, 15) is 4.79 Å². The SMILES string of the molecule is CC1CCCN(Cc2ccc(CNC(=O)C(C)C(N)c3ccccc3)cc2)C1. The summed E-state index contributed by atoms with van der Waals surface area (Å²) in [5.74, 6) is 0.512. The van der Waals surface area contributed by atoms with Crippen molar-refractivity contribution in [1.82, 2.24) is 10.2 Å². The summed E-state index contributed by atoms with van der Waals surface area (Å²) < 4.78 is 0. The Morgan fingerprint density at radius 3 is 2.50 bits per heavy atom. The van der Waals surface area contributed by atoms with Gasteiger partial charge >= 0.3 is 0 Å². The molecule has 0 spiro atoms. The second kappa shape index (κ2) is 9.85. The molecule has 1 saturated heterocycles. The minimum atomic E-state index is -0.296. The normalized spacial score (nSPS) is 19.8. The number of rotatable bonds is 7. The first kappa shape index (κ1) is 20.6. The van der Waals surface area contributed by atoms with Gasteiger partial charge in [0.05, 0.1) is 5.92 Å². The number of nitrogens with two attached hydrogens (primary N) is 1. The highest BCUT2D eigenvalue weighted by Gasteiger charge is 2.21. The summed E-state index contributed by atoms with van der Waals surface area (Å²) in [7, 11) is 0. The molecule has 150 valence electrons. The zero-order valence-corrected chi connectivity index (χ0v) is 17.1. The van der Waals surface area contributed by atoms with Crippen LogP contribution in [0.3, 0.4) is 0 Å². The number of carbonyl (C=O) groups is 1. The van der Waals surface area contributed by atoms with Crippen molar-refractivity contribution < 1.29 is 4.79 Å². The van der Waals surface area contributed by atoms with Crippen molar-refractivity contribution in [2.45, 2.75) is 45.8 Å². The molecule has 2 aromatic carbocycles. The molecule has 0 bridgehead atoms. The van der Waals surface area contributed by atoms with Crippen LogP contribution in [0.25, 0.3) is 0 Å². The van der Waals surface area contributed by atoms with Crippen LogP contribution in [0.1, 0.15) is 49.4 Å². The zero-order chi connectivity index (χ0) is 19.9. The van der Waals surface area contributed by atoms with Crippen LogP contribution < -0.4 is 11.1 Å². The summed E-state index contributed by atoms with van der Waals surface area (Å²) in [6.07, 6.45) is 2.65. The quantitative estimate of drug-likeness (QED) is 0.768. The van der Waals surface area contributed by atoms with Gasteiger partial charge in [-0.05, 0) is 42.0 Å². The van der Waals surface area contributed by atoms with E-state index in [2.05, 4.69) is 41.4 Å². The smallest absolute Gasteiger partial charge is 0.225 e. The number of hydrogen-bond acceptors (Lipinski definition) is 3. The number of hydrogen-bond donors (Lipinski definition) is 2. The predicted octanol–water partition coefficient (Wildman–Crippen LogP) is 3.87. The molecule has 1 amide bonds. The first-order valence-electron chi connectivity index (χ1n) is 10.4. The Morgan fingerprint density at radius 2 is 1.82 bits per heavy atom. The Morgan fingerprint density at radius 1 is 1.14 bits per heavy atom. The monoisotopic (exact) mass is 379 g/mol. The van der Waals surface area contributed by atoms with E-state index in [1.165, 1.54) is 31.5 Å². The van der Waals surface area contributed by atoms with Gasteiger partial charge in [-0.2, -0.15) is 0 Å². The number of amides is 1. The van der Waals surface area contributed by atoms with Crippen LogP contribution in [0.2, 0.25) is 0 Å². The average molecular weight is 380 g/mol. The minimum Gasteiger partial charge on any atom is -0.352 e. The van der Waals surface area contributed by atoms with E-state index in [0.717, 1.165) is 23.6 Å². The number of likely N-dealkylation sites (tertiary alicyclic amines) is 1. The van der Waals surface area contributed by atoms with Crippen molar-refractivity contribution in [3.8, 4) is 0 Å². The molecule has 4 nitrogen and oxygen atoms in total. The minimum absolute atomic E-state index is 0.0114. The van der Waals surface area contributed by atoms with Gasteiger partial charge in [-0.25, -0.2) is 0 Å². The van der Waals surface area contributed by atoms with Crippen molar-refractivity contribution in [3.05, 3.63) is 71.3 Å². The fraction of sp³-hybridized carbons (Fsp3) is 0.458. The summed E-state index contributed by atoms with van der Waals surface area (Å²) in [5.41, 5.74) is 9.70. The highest BCUT2D eigenvalue weighted by Crippen LogP contribution is 2.20. The molecule has 3 atom stereocenters. The third-order valence-corrected chi connectivity index (χ3v) is 5.77. The van der Waals surface area contributed by atoms with Crippen LogP contribution in [0.4, 0.5) is 0 Å². The molecule has 3 N–H and O–H groups in total. The molecule has 1 aliphatic rings. The third-order valence-electron chi connectivity index (χ3n) is 5.77. The van der Waals surface area contributed by atoms with Crippen molar-refractivity contribution >= 4 is 5.91 Å². The fourth-order valence-electron chi connectivity index (χ4n) is 3.93. The number of piperidine rings is 1. The molecule has 1 fully saturated rings. The van der Waals surface area contributed by atoms with E-state index < -0.39 is 0 Å². The van der Waals surface area contributed by atoms with Crippen LogP contribution in [-0.4, -0.2) is 23.9 Å². The van der Waals surface area contributed by atoms with Gasteiger partial charge in [-0.3, -0.25) is 9.69 Å². The van der Waals surface area contributed by atoms with Gasteiger partial charge < -0.3 is 11.1 Å². The lowest BCUT2D eigenvalue weighted by Crippen LogP contribution is -2.35. The molecule has 28 heavy (non-hydrogen) atoms. The van der Waals surface area contributed by atoms with E-state index >= 15 is 0 Å². The molecule has 0 aliphatic carbocycles. The van der Waals surface area contributed by atoms with Crippen LogP contribution in [-0.2, 0) is 17.9 Å². The lowest BCUT2D eigenvalue weighted by atomic mass is 9.94. The molecule has 4 heteroatoms. The first-order valence-corrected chi connectivity index (χ1v) is 10.4. The molecule has 1 heterocycles. The topological polar surface area (TPSA) is 58.4 Å². The van der Waals surface area contributed by atoms with Crippen molar-refractivity contribution in [3.63, 3.8) is 0 Å². The molecule has 2 aromatic rings. The van der Waals surface area contributed by atoms with Gasteiger partial charge in [0.15, 0.2) is 0 Å². The molecule has 3 unspecified atom stereocenters. The number of benzene rings is 2. The Bertz CT molecular complexity index is 744. The van der Waals surface area contributed by atoms with E-state index in [0.29, 0.717) is 6.54 Å². The fourth-order valence-corrected chi connectivity index (χ4v) is 3.93. The molecule has 0 aromatic heterocycles. The average Bonchev–Trinajstić information content (AvgIpc) is 2.72. The van der Waals surface area contributed by atoms with Crippen LogP contribution >= 0.6 is 0 Å². The summed E-state index contributed by atoms with van der Waals surface area (Å²) >= 11 is 0. The molecular formula is C24H33N3O. The second-order valence-corrected chi connectivity index (χ2v) is 8.24. The Kier molecular flexibility index (Phi) is 7.24. The summed E-state index contributed by atoms with van der Waals surface area (Å²) in [6, 6.07) is 18.1. The maximum atomic E-state index is 12.5. The molecule has 0 saturated carbocycles. The van der Waals surface area contributed by atoms with Gasteiger partial charge in [0.1, 0.15) is 0 Å². The Hall–Kier alpha value is -2.17. The summed E-state index contributed by atoms with van der Waals surface area (Å²) in [6.45, 7) is 8.16. The number of nitrogens with one attached hydrogen (secondary N) is 1. The zero-order valence-electron chi connectivity index (χ0n) is 17.1. The van der Waals surface area contributed by atoms with Gasteiger partial charge in [-0.1, -0.05) is 68.4 Å². The first-order chi connectivity index (χ1) is 13.5. The standard InChI is InChI=1S/C24H33N3O/c1-18-7-6-14-27(16-18)17-21-12-10-20(11-13-21)15-26-24(28)19(2)23(25)22-8-4-3-5-9-22/h3-5,8-13,18-19,23H,6-7,14-17,25H2,1-2H3,(H,26,28). The number of nitrogens with zero attached hydrogens (tertiary/aromatic N) is 1. The van der Waals surface area contributed by atoms with Crippen molar-refractivity contribution in [1.29, 1.82) is 0 Å². The van der Waals surface area contributed by atoms with E-state index in [4.69, 9.17) is 5.73 Å². The predicted molar refractivity (Wildman–Crippen MR) is 114 cm³/mol. The van der Waals surface area contributed by atoms with Crippen LogP contribution in [0.15, 0.2) is 54.6 Å².